The minimum Gasteiger partial charge on any atom is -0.494 e. The van der Waals surface area contributed by atoms with E-state index in [4.69, 9.17) is 10.00 Å². The van der Waals surface area contributed by atoms with Crippen LogP contribution in [0.15, 0.2) is 42.5 Å². The summed E-state index contributed by atoms with van der Waals surface area (Å²) < 4.78 is 5.82. The summed E-state index contributed by atoms with van der Waals surface area (Å²) in [5.41, 5.74) is 3.56. The number of ether oxygens (including phenoxy) is 1. The molecule has 1 unspecified atom stereocenters. The van der Waals surface area contributed by atoms with Gasteiger partial charge < -0.3 is 15.0 Å². The van der Waals surface area contributed by atoms with E-state index in [9.17, 15) is 9.59 Å². The monoisotopic (exact) mass is 405 g/mol. The van der Waals surface area contributed by atoms with Gasteiger partial charge in [0, 0.05) is 25.1 Å². The molecule has 1 heterocycles. The molecule has 1 atom stereocenters. The molecule has 1 N–H and O–H groups in total. The number of benzene rings is 2. The summed E-state index contributed by atoms with van der Waals surface area (Å²) in [6, 6.07) is 15.1. The first kappa shape index (κ1) is 21.4. The molecule has 0 aromatic heterocycles. The van der Waals surface area contributed by atoms with Crippen LogP contribution in [0, 0.1) is 11.3 Å². The highest BCUT2D eigenvalue weighted by Crippen LogP contribution is 2.27. The Kier molecular flexibility index (Phi) is 7.08. The van der Waals surface area contributed by atoms with Crippen LogP contribution < -0.4 is 10.1 Å². The molecule has 2 aromatic carbocycles. The highest BCUT2D eigenvalue weighted by atomic mass is 16.5. The number of carbonyl (C=O) groups excluding carboxylic acids is 2. The highest BCUT2D eigenvalue weighted by Gasteiger charge is 2.20. The van der Waals surface area contributed by atoms with Crippen molar-refractivity contribution in [2.75, 3.05) is 18.5 Å². The quantitative estimate of drug-likeness (QED) is 0.667. The first-order valence-electron chi connectivity index (χ1n) is 10.4. The van der Waals surface area contributed by atoms with Gasteiger partial charge >= 0.3 is 0 Å². The van der Waals surface area contributed by atoms with Gasteiger partial charge in [-0.1, -0.05) is 12.1 Å². The number of rotatable bonds is 8. The minimum atomic E-state index is -0.0491. The Balaban J connectivity index is 1.49. The lowest BCUT2D eigenvalue weighted by Crippen LogP contribution is -2.33. The van der Waals surface area contributed by atoms with Gasteiger partial charge in [0.2, 0.25) is 11.8 Å². The molecule has 0 aliphatic carbocycles. The van der Waals surface area contributed by atoms with Crippen molar-refractivity contribution in [3.05, 3.63) is 59.2 Å². The predicted molar refractivity (Wildman–Crippen MR) is 115 cm³/mol. The summed E-state index contributed by atoms with van der Waals surface area (Å²) in [4.78, 5) is 26.0. The van der Waals surface area contributed by atoms with E-state index in [1.807, 2.05) is 49.1 Å². The fourth-order valence-electron chi connectivity index (χ4n) is 3.69. The number of aryl methyl sites for hydroxylation is 1. The van der Waals surface area contributed by atoms with Crippen molar-refractivity contribution in [3.63, 3.8) is 0 Å². The Morgan fingerprint density at radius 2 is 2.00 bits per heavy atom. The molecule has 30 heavy (non-hydrogen) atoms. The maximum Gasteiger partial charge on any atom is 0.224 e. The lowest BCUT2D eigenvalue weighted by atomic mass is 10.0. The van der Waals surface area contributed by atoms with Crippen LogP contribution in [-0.4, -0.2) is 29.9 Å². The molecule has 0 radical (unpaired) electrons. The standard InChI is InChI=1S/C24H27N3O3/c1-3-27(17(2)19-8-6-18(16-25)7-9-19)24(29)5-4-14-30-21-11-12-22-20(15-21)10-13-23(28)26-22/h6-9,11-12,15,17H,3-5,10,13-14H2,1-2H3,(H,26,28). The topological polar surface area (TPSA) is 82.4 Å². The number of carbonyl (C=O) groups is 2. The van der Waals surface area contributed by atoms with E-state index >= 15 is 0 Å². The van der Waals surface area contributed by atoms with Crippen LogP contribution in [0.25, 0.3) is 0 Å². The number of nitriles is 1. The lowest BCUT2D eigenvalue weighted by Gasteiger charge is -2.28. The molecular weight excluding hydrogens is 378 g/mol. The normalized spacial score (nSPS) is 13.6. The third-order valence-corrected chi connectivity index (χ3v) is 5.43. The molecule has 2 aromatic rings. The van der Waals surface area contributed by atoms with Gasteiger partial charge in [-0.15, -0.1) is 0 Å². The van der Waals surface area contributed by atoms with Crippen molar-refractivity contribution >= 4 is 17.5 Å². The number of amides is 2. The third kappa shape index (κ3) is 5.18. The van der Waals surface area contributed by atoms with Gasteiger partial charge in [0.25, 0.3) is 0 Å². The summed E-state index contributed by atoms with van der Waals surface area (Å²) in [6.07, 6.45) is 2.25. The molecule has 1 aliphatic heterocycles. The molecule has 0 fully saturated rings. The fourth-order valence-corrected chi connectivity index (χ4v) is 3.69. The van der Waals surface area contributed by atoms with Gasteiger partial charge in [-0.2, -0.15) is 5.26 Å². The molecule has 6 nitrogen and oxygen atoms in total. The average Bonchev–Trinajstić information content (AvgIpc) is 2.77. The van der Waals surface area contributed by atoms with Crippen LogP contribution >= 0.6 is 0 Å². The van der Waals surface area contributed by atoms with Crippen LogP contribution in [0.1, 0.15) is 55.8 Å². The maximum absolute atomic E-state index is 12.7. The Bertz CT molecular complexity index is 947. The van der Waals surface area contributed by atoms with E-state index in [1.165, 1.54) is 0 Å². The molecular formula is C24H27N3O3. The SMILES string of the molecule is CCN(C(=O)CCCOc1ccc2c(c1)CCC(=O)N2)C(C)c1ccc(C#N)cc1. The Labute approximate surface area is 177 Å². The van der Waals surface area contributed by atoms with Gasteiger partial charge in [0.15, 0.2) is 0 Å². The first-order valence-corrected chi connectivity index (χ1v) is 10.4. The summed E-state index contributed by atoms with van der Waals surface area (Å²) in [7, 11) is 0. The lowest BCUT2D eigenvalue weighted by molar-refractivity contribution is -0.133. The zero-order chi connectivity index (χ0) is 21.5. The number of fused-ring (bicyclic) bond motifs is 1. The van der Waals surface area contributed by atoms with Crippen LogP contribution in [0.5, 0.6) is 5.75 Å². The highest BCUT2D eigenvalue weighted by molar-refractivity contribution is 5.94. The van der Waals surface area contributed by atoms with Crippen LogP contribution in [-0.2, 0) is 16.0 Å². The second kappa shape index (κ2) is 9.93. The zero-order valence-electron chi connectivity index (χ0n) is 17.5. The second-order valence-electron chi connectivity index (χ2n) is 7.41. The maximum atomic E-state index is 12.7. The summed E-state index contributed by atoms with van der Waals surface area (Å²) in [6.45, 7) is 5.06. The van der Waals surface area contributed by atoms with Gasteiger partial charge in [-0.05, 0) is 68.1 Å². The molecule has 0 saturated carbocycles. The van der Waals surface area contributed by atoms with Crippen LogP contribution in [0.4, 0.5) is 5.69 Å². The van der Waals surface area contributed by atoms with Gasteiger partial charge in [0.1, 0.15) is 5.75 Å². The fraction of sp³-hybridized carbons (Fsp3) is 0.375. The number of hydrogen-bond donors (Lipinski definition) is 1. The molecule has 2 amide bonds. The largest absolute Gasteiger partial charge is 0.494 e. The first-order chi connectivity index (χ1) is 14.5. The predicted octanol–water partition coefficient (Wildman–Crippen LogP) is 4.21. The van der Waals surface area contributed by atoms with E-state index in [-0.39, 0.29) is 17.9 Å². The Morgan fingerprint density at radius 3 is 2.70 bits per heavy atom. The van der Waals surface area contributed by atoms with Crippen molar-refractivity contribution in [2.45, 2.75) is 45.6 Å². The van der Waals surface area contributed by atoms with Crippen molar-refractivity contribution in [1.82, 2.24) is 4.90 Å². The zero-order valence-corrected chi connectivity index (χ0v) is 17.5. The third-order valence-electron chi connectivity index (χ3n) is 5.43. The number of anilines is 1. The van der Waals surface area contributed by atoms with Gasteiger partial charge in [-0.3, -0.25) is 9.59 Å². The van der Waals surface area contributed by atoms with Gasteiger partial charge in [-0.25, -0.2) is 0 Å². The molecule has 156 valence electrons. The van der Waals surface area contributed by atoms with Crippen LogP contribution in [0.3, 0.4) is 0 Å². The molecule has 3 rings (SSSR count). The van der Waals surface area contributed by atoms with Crippen molar-refractivity contribution in [1.29, 1.82) is 5.26 Å². The van der Waals surface area contributed by atoms with E-state index in [0.717, 1.165) is 29.0 Å². The Hall–Kier alpha value is -3.33. The molecule has 0 bridgehead atoms. The molecule has 6 heteroatoms. The number of nitrogens with zero attached hydrogens (tertiary/aromatic N) is 2. The summed E-state index contributed by atoms with van der Waals surface area (Å²) in [5.74, 6) is 0.896. The van der Waals surface area contributed by atoms with Crippen molar-refractivity contribution in [2.24, 2.45) is 0 Å². The summed E-state index contributed by atoms with van der Waals surface area (Å²) >= 11 is 0. The van der Waals surface area contributed by atoms with Crippen LogP contribution in [0.2, 0.25) is 0 Å². The average molecular weight is 405 g/mol. The van der Waals surface area contributed by atoms with Crippen molar-refractivity contribution in [3.8, 4) is 11.8 Å². The van der Waals surface area contributed by atoms with Crippen molar-refractivity contribution < 1.29 is 14.3 Å². The number of nitrogens with one attached hydrogen (secondary N) is 1. The van der Waals surface area contributed by atoms with E-state index < -0.39 is 0 Å². The minimum absolute atomic E-state index is 0.0467. The Morgan fingerprint density at radius 1 is 1.23 bits per heavy atom. The van der Waals surface area contributed by atoms with Gasteiger partial charge in [0.05, 0.1) is 24.3 Å². The smallest absolute Gasteiger partial charge is 0.224 e. The summed E-state index contributed by atoms with van der Waals surface area (Å²) in [5, 5.41) is 11.8. The molecule has 1 aliphatic rings. The van der Waals surface area contributed by atoms with E-state index in [2.05, 4.69) is 11.4 Å². The molecule has 0 spiro atoms. The molecule has 0 saturated heterocycles. The van der Waals surface area contributed by atoms with E-state index in [1.54, 1.807) is 12.1 Å². The van der Waals surface area contributed by atoms with E-state index in [0.29, 0.717) is 38.0 Å². The number of hydrogen-bond acceptors (Lipinski definition) is 4. The second-order valence-corrected chi connectivity index (χ2v) is 7.41.